The van der Waals surface area contributed by atoms with Crippen LogP contribution in [0.2, 0.25) is 0 Å². The van der Waals surface area contributed by atoms with Crippen molar-refractivity contribution in [2.45, 2.75) is 62.8 Å². The highest BCUT2D eigenvalue weighted by Gasteiger charge is 2.32. The van der Waals surface area contributed by atoms with Crippen molar-refractivity contribution in [3.05, 3.63) is 29.3 Å². The molecule has 0 atom stereocenters. The maximum atomic E-state index is 13.2. The topological polar surface area (TPSA) is 49.4 Å². The second-order valence-corrected chi connectivity index (χ2v) is 8.63. The molecule has 4 nitrogen and oxygen atoms in total. The molecule has 1 N–H and O–H groups in total. The molecule has 0 radical (unpaired) electrons. The van der Waals surface area contributed by atoms with Gasteiger partial charge in [-0.25, -0.2) is 8.42 Å². The van der Waals surface area contributed by atoms with Gasteiger partial charge in [-0.2, -0.15) is 4.31 Å². The maximum absolute atomic E-state index is 13.2. The molecule has 0 bridgehead atoms. The molecule has 2 aliphatic rings. The summed E-state index contributed by atoms with van der Waals surface area (Å²) in [5.74, 6) is 0. The summed E-state index contributed by atoms with van der Waals surface area (Å²) in [5.41, 5.74) is 2.57. The molecule has 1 aromatic carbocycles. The van der Waals surface area contributed by atoms with Gasteiger partial charge in [-0.1, -0.05) is 13.0 Å². The van der Waals surface area contributed by atoms with Gasteiger partial charge in [-0.3, -0.25) is 0 Å². The van der Waals surface area contributed by atoms with Gasteiger partial charge < -0.3 is 5.32 Å². The number of aryl methyl sites for hydroxylation is 2. The third-order valence-electron chi connectivity index (χ3n) is 5.09. The van der Waals surface area contributed by atoms with Crippen molar-refractivity contribution in [3.63, 3.8) is 0 Å². The van der Waals surface area contributed by atoms with Crippen molar-refractivity contribution >= 4 is 10.0 Å². The van der Waals surface area contributed by atoms with Crippen molar-refractivity contribution in [2.75, 3.05) is 19.6 Å². The summed E-state index contributed by atoms with van der Waals surface area (Å²) >= 11 is 0. The average Bonchev–Trinajstić information content (AvgIpc) is 2.60. The average molecular weight is 337 g/mol. The van der Waals surface area contributed by atoms with Gasteiger partial charge in [0.25, 0.3) is 0 Å². The lowest BCUT2D eigenvalue weighted by Gasteiger charge is -2.33. The Morgan fingerprint density at radius 2 is 1.83 bits per heavy atom. The first kappa shape index (κ1) is 16.9. The van der Waals surface area contributed by atoms with Gasteiger partial charge >= 0.3 is 0 Å². The van der Waals surface area contributed by atoms with E-state index in [2.05, 4.69) is 12.2 Å². The largest absolute Gasteiger partial charge is 0.317 e. The van der Waals surface area contributed by atoms with Crippen LogP contribution in [0.1, 0.15) is 50.2 Å². The van der Waals surface area contributed by atoms with E-state index in [1.807, 2.05) is 18.2 Å². The number of nitrogens with zero attached hydrogens (tertiary/aromatic N) is 1. The summed E-state index contributed by atoms with van der Waals surface area (Å²) in [4.78, 5) is 0.491. The normalized spacial score (nSPS) is 19.7. The van der Waals surface area contributed by atoms with Gasteiger partial charge in [0.15, 0.2) is 0 Å². The van der Waals surface area contributed by atoms with Gasteiger partial charge in [0.2, 0.25) is 10.0 Å². The second kappa shape index (κ2) is 7.32. The first-order chi connectivity index (χ1) is 11.1. The molecule has 3 rings (SSSR count). The Balaban J connectivity index is 1.90. The number of hydrogen-bond acceptors (Lipinski definition) is 3. The predicted octanol–water partition coefficient (Wildman–Crippen LogP) is 2.72. The van der Waals surface area contributed by atoms with E-state index < -0.39 is 10.0 Å². The quantitative estimate of drug-likeness (QED) is 0.899. The number of fused-ring (bicyclic) bond motifs is 1. The van der Waals surface area contributed by atoms with E-state index >= 15 is 0 Å². The summed E-state index contributed by atoms with van der Waals surface area (Å²) in [5, 5.41) is 3.32. The van der Waals surface area contributed by atoms with Gasteiger partial charge in [0, 0.05) is 12.6 Å². The Labute approximate surface area is 140 Å². The molecule has 0 saturated carbocycles. The van der Waals surface area contributed by atoms with Gasteiger partial charge in [-0.15, -0.1) is 0 Å². The first-order valence-corrected chi connectivity index (χ1v) is 10.4. The molecule has 128 valence electrons. The highest BCUT2D eigenvalue weighted by Crippen LogP contribution is 2.28. The highest BCUT2D eigenvalue weighted by molar-refractivity contribution is 7.89. The van der Waals surface area contributed by atoms with Crippen molar-refractivity contribution < 1.29 is 8.42 Å². The number of sulfonamides is 1. The number of rotatable bonds is 5. The molecule has 1 aliphatic carbocycles. The van der Waals surface area contributed by atoms with Gasteiger partial charge in [0.1, 0.15) is 0 Å². The number of benzene rings is 1. The number of piperidine rings is 1. The smallest absolute Gasteiger partial charge is 0.243 e. The fourth-order valence-electron chi connectivity index (χ4n) is 3.82. The third kappa shape index (κ3) is 3.62. The summed E-state index contributed by atoms with van der Waals surface area (Å²) < 4.78 is 28.2. The summed E-state index contributed by atoms with van der Waals surface area (Å²) in [6.07, 6.45) is 7.16. The van der Waals surface area contributed by atoms with Crippen LogP contribution < -0.4 is 5.32 Å². The molecule has 1 aliphatic heterocycles. The lowest BCUT2D eigenvalue weighted by Crippen LogP contribution is -2.46. The van der Waals surface area contributed by atoms with E-state index in [-0.39, 0.29) is 6.04 Å². The summed E-state index contributed by atoms with van der Waals surface area (Å²) in [7, 11) is -3.39. The molecule has 5 heteroatoms. The van der Waals surface area contributed by atoms with Crippen LogP contribution in [-0.2, 0) is 22.9 Å². The van der Waals surface area contributed by atoms with Crippen LogP contribution in [0.3, 0.4) is 0 Å². The van der Waals surface area contributed by atoms with Crippen molar-refractivity contribution in [3.8, 4) is 0 Å². The minimum absolute atomic E-state index is 0.136. The monoisotopic (exact) mass is 336 g/mol. The van der Waals surface area contributed by atoms with Crippen molar-refractivity contribution in [1.82, 2.24) is 9.62 Å². The Bertz CT molecular complexity index is 636. The molecule has 0 amide bonds. The molecular weight excluding hydrogens is 308 g/mol. The molecule has 0 unspecified atom stereocenters. The standard InChI is InChI=1S/C18H28N2O2S/c1-2-13-20(17-9-11-19-12-10-17)23(21,22)18-8-7-15-5-3-4-6-16(15)14-18/h7-8,14,17,19H,2-6,9-13H2,1H3. The highest BCUT2D eigenvalue weighted by atomic mass is 32.2. The zero-order valence-electron chi connectivity index (χ0n) is 14.1. The number of hydrogen-bond donors (Lipinski definition) is 1. The zero-order valence-corrected chi connectivity index (χ0v) is 14.9. The van der Waals surface area contributed by atoms with Crippen LogP contribution in [-0.4, -0.2) is 38.4 Å². The van der Waals surface area contributed by atoms with Crippen molar-refractivity contribution in [1.29, 1.82) is 0 Å². The fourth-order valence-corrected chi connectivity index (χ4v) is 5.65. The molecule has 1 heterocycles. The molecule has 0 aromatic heterocycles. The van der Waals surface area contributed by atoms with Crippen LogP contribution in [0, 0.1) is 0 Å². The number of nitrogens with one attached hydrogen (secondary N) is 1. The van der Waals surface area contributed by atoms with E-state index in [1.54, 1.807) is 4.31 Å². The molecule has 23 heavy (non-hydrogen) atoms. The van der Waals surface area contributed by atoms with Crippen LogP contribution in [0.5, 0.6) is 0 Å². The second-order valence-electron chi connectivity index (χ2n) is 6.73. The lowest BCUT2D eigenvalue weighted by atomic mass is 9.92. The SMILES string of the molecule is CCCN(C1CCNCC1)S(=O)(=O)c1ccc2c(c1)CCCC2. The molecule has 1 aromatic rings. The molecule has 0 spiro atoms. The van der Waals surface area contributed by atoms with E-state index in [0.29, 0.717) is 11.4 Å². The molecule has 1 fully saturated rings. The Morgan fingerprint density at radius 3 is 2.52 bits per heavy atom. The van der Waals surface area contributed by atoms with Gasteiger partial charge in [0.05, 0.1) is 4.90 Å². The van der Waals surface area contributed by atoms with Crippen LogP contribution in [0.4, 0.5) is 0 Å². The molecular formula is C18H28N2O2S. The summed E-state index contributed by atoms with van der Waals surface area (Å²) in [6.45, 7) is 4.48. The lowest BCUT2D eigenvalue weighted by molar-refractivity contribution is 0.262. The van der Waals surface area contributed by atoms with E-state index in [9.17, 15) is 8.42 Å². The van der Waals surface area contributed by atoms with E-state index in [1.165, 1.54) is 24.0 Å². The van der Waals surface area contributed by atoms with Crippen LogP contribution in [0.25, 0.3) is 0 Å². The van der Waals surface area contributed by atoms with E-state index in [4.69, 9.17) is 0 Å². The van der Waals surface area contributed by atoms with Crippen molar-refractivity contribution in [2.24, 2.45) is 0 Å². The third-order valence-corrected chi connectivity index (χ3v) is 7.03. The minimum atomic E-state index is -3.39. The van der Waals surface area contributed by atoms with Gasteiger partial charge in [-0.05, 0) is 81.3 Å². The zero-order chi connectivity index (χ0) is 16.3. The maximum Gasteiger partial charge on any atom is 0.243 e. The first-order valence-electron chi connectivity index (χ1n) is 8.97. The summed E-state index contributed by atoms with van der Waals surface area (Å²) in [6, 6.07) is 5.93. The van der Waals surface area contributed by atoms with E-state index in [0.717, 1.165) is 45.2 Å². The Morgan fingerprint density at radius 1 is 1.13 bits per heavy atom. The fraction of sp³-hybridized carbons (Fsp3) is 0.667. The Hall–Kier alpha value is -0.910. The Kier molecular flexibility index (Phi) is 5.39. The predicted molar refractivity (Wildman–Crippen MR) is 93.2 cm³/mol. The van der Waals surface area contributed by atoms with Crippen LogP contribution >= 0.6 is 0 Å². The minimum Gasteiger partial charge on any atom is -0.317 e. The van der Waals surface area contributed by atoms with Crippen LogP contribution in [0.15, 0.2) is 23.1 Å². The molecule has 1 saturated heterocycles.